The van der Waals surface area contributed by atoms with Crippen molar-refractivity contribution in [3.63, 3.8) is 0 Å². The van der Waals surface area contributed by atoms with Crippen LogP contribution in [0.4, 0.5) is 18.9 Å². The summed E-state index contributed by atoms with van der Waals surface area (Å²) in [4.78, 5) is 17.7. The minimum atomic E-state index is -4.50. The van der Waals surface area contributed by atoms with Gasteiger partial charge in [-0.3, -0.25) is 9.78 Å². The fourth-order valence-electron chi connectivity index (χ4n) is 2.89. The van der Waals surface area contributed by atoms with Gasteiger partial charge in [-0.15, -0.1) is 0 Å². The van der Waals surface area contributed by atoms with Crippen molar-refractivity contribution in [1.29, 1.82) is 0 Å². The molecule has 2 heterocycles. The molecule has 0 spiro atoms. The predicted molar refractivity (Wildman–Crippen MR) is 80.4 cm³/mol. The van der Waals surface area contributed by atoms with Crippen molar-refractivity contribution in [2.45, 2.75) is 25.9 Å². The van der Waals surface area contributed by atoms with E-state index in [2.05, 4.69) is 4.98 Å². The maximum absolute atomic E-state index is 12.7. The molecular weight excluding hydrogens is 305 g/mol. The molecule has 0 radical (unpaired) electrons. The Labute approximate surface area is 131 Å². The van der Waals surface area contributed by atoms with Gasteiger partial charge in [-0.25, -0.2) is 0 Å². The van der Waals surface area contributed by atoms with Gasteiger partial charge in [0.1, 0.15) is 5.69 Å². The first-order valence-corrected chi connectivity index (χ1v) is 7.31. The van der Waals surface area contributed by atoms with Crippen LogP contribution >= 0.6 is 0 Å². The maximum atomic E-state index is 12.7. The Kier molecular flexibility index (Phi) is 3.83. The molecular formula is C17H15F3N2O. The average molecular weight is 320 g/mol. The molecule has 6 heteroatoms. The quantitative estimate of drug-likeness (QED) is 0.795. The molecule has 2 aromatic rings. The number of aryl methyl sites for hydroxylation is 2. The summed E-state index contributed by atoms with van der Waals surface area (Å²) in [6, 6.07) is 7.88. The lowest BCUT2D eigenvalue weighted by Crippen LogP contribution is -2.36. The van der Waals surface area contributed by atoms with Crippen LogP contribution in [-0.2, 0) is 12.6 Å². The molecule has 23 heavy (non-hydrogen) atoms. The summed E-state index contributed by atoms with van der Waals surface area (Å²) in [7, 11) is 0. The molecule has 0 atom stereocenters. The third-order valence-corrected chi connectivity index (χ3v) is 3.97. The Morgan fingerprint density at radius 2 is 2.00 bits per heavy atom. The van der Waals surface area contributed by atoms with Crippen LogP contribution in [-0.4, -0.2) is 17.4 Å². The predicted octanol–water partition coefficient (Wildman–Crippen LogP) is 4.00. The lowest BCUT2D eigenvalue weighted by atomic mass is 9.97. The van der Waals surface area contributed by atoms with E-state index in [0.717, 1.165) is 41.9 Å². The molecule has 0 saturated heterocycles. The van der Waals surface area contributed by atoms with Crippen LogP contribution in [0.3, 0.4) is 0 Å². The van der Waals surface area contributed by atoms with Crippen LogP contribution in [0.15, 0.2) is 36.5 Å². The van der Waals surface area contributed by atoms with E-state index >= 15 is 0 Å². The van der Waals surface area contributed by atoms with Crippen LogP contribution < -0.4 is 4.90 Å². The second-order valence-corrected chi connectivity index (χ2v) is 5.57. The van der Waals surface area contributed by atoms with Crippen molar-refractivity contribution < 1.29 is 18.0 Å². The number of hydrogen-bond acceptors (Lipinski definition) is 2. The van der Waals surface area contributed by atoms with Crippen molar-refractivity contribution in [2.24, 2.45) is 0 Å². The lowest BCUT2D eigenvalue weighted by molar-refractivity contribution is -0.141. The minimum absolute atomic E-state index is 0.161. The lowest BCUT2D eigenvalue weighted by Gasteiger charge is -2.31. The summed E-state index contributed by atoms with van der Waals surface area (Å²) in [5.41, 5.74) is 2.10. The fraction of sp³-hybridized carbons (Fsp3) is 0.294. The second kappa shape index (κ2) is 5.68. The number of rotatable bonds is 1. The minimum Gasteiger partial charge on any atom is -0.308 e. The van der Waals surface area contributed by atoms with Crippen LogP contribution in [0, 0.1) is 6.92 Å². The number of alkyl halides is 3. The molecule has 1 aliphatic heterocycles. The zero-order valence-electron chi connectivity index (χ0n) is 12.5. The van der Waals surface area contributed by atoms with Gasteiger partial charge in [-0.2, -0.15) is 13.2 Å². The second-order valence-electron chi connectivity index (χ2n) is 5.57. The van der Waals surface area contributed by atoms with E-state index in [4.69, 9.17) is 0 Å². The molecule has 1 aliphatic rings. The van der Waals surface area contributed by atoms with Gasteiger partial charge in [0.15, 0.2) is 0 Å². The van der Waals surface area contributed by atoms with Gasteiger partial charge < -0.3 is 4.90 Å². The monoisotopic (exact) mass is 320 g/mol. The van der Waals surface area contributed by atoms with Gasteiger partial charge >= 0.3 is 6.18 Å². The topological polar surface area (TPSA) is 33.2 Å². The molecule has 0 unspecified atom stereocenters. The third kappa shape index (κ3) is 2.93. The van der Waals surface area contributed by atoms with Gasteiger partial charge in [0, 0.05) is 12.7 Å². The normalized spacial score (nSPS) is 14.5. The van der Waals surface area contributed by atoms with E-state index in [-0.39, 0.29) is 11.5 Å². The fourth-order valence-corrected chi connectivity index (χ4v) is 2.89. The van der Waals surface area contributed by atoms with Crippen LogP contribution in [0.25, 0.3) is 0 Å². The first-order valence-electron chi connectivity index (χ1n) is 7.31. The van der Waals surface area contributed by atoms with Crippen molar-refractivity contribution >= 4 is 11.6 Å². The van der Waals surface area contributed by atoms with E-state index in [9.17, 15) is 18.0 Å². The van der Waals surface area contributed by atoms with Crippen molar-refractivity contribution in [3.05, 3.63) is 58.9 Å². The SMILES string of the molecule is Cc1cccc2c1N(C(=O)c1ccc(C(F)(F)F)nc1)CCC2. The average Bonchev–Trinajstić information content (AvgIpc) is 2.53. The van der Waals surface area contributed by atoms with Crippen LogP contribution in [0.5, 0.6) is 0 Å². The number of amides is 1. The number of benzene rings is 1. The Balaban J connectivity index is 1.93. The van der Waals surface area contributed by atoms with Gasteiger partial charge in [-0.1, -0.05) is 18.2 Å². The Morgan fingerprint density at radius 3 is 2.65 bits per heavy atom. The summed E-state index contributed by atoms with van der Waals surface area (Å²) >= 11 is 0. The largest absolute Gasteiger partial charge is 0.433 e. The molecule has 0 bridgehead atoms. The Hall–Kier alpha value is -2.37. The Morgan fingerprint density at radius 1 is 1.22 bits per heavy atom. The van der Waals surface area contributed by atoms with Crippen molar-refractivity contribution in [1.82, 2.24) is 4.98 Å². The number of anilines is 1. The number of nitrogens with zero attached hydrogens (tertiary/aromatic N) is 2. The molecule has 1 amide bonds. The van der Waals surface area contributed by atoms with Gasteiger partial charge in [0.25, 0.3) is 5.91 Å². The molecule has 1 aromatic carbocycles. The highest BCUT2D eigenvalue weighted by Crippen LogP contribution is 2.32. The first-order chi connectivity index (χ1) is 10.9. The molecule has 3 nitrogen and oxygen atoms in total. The Bertz CT molecular complexity index is 738. The van der Waals surface area contributed by atoms with Crippen molar-refractivity contribution in [3.8, 4) is 0 Å². The van der Waals surface area contributed by atoms with Gasteiger partial charge in [0.2, 0.25) is 0 Å². The van der Waals surface area contributed by atoms with E-state index in [0.29, 0.717) is 6.54 Å². The number of halogens is 3. The van der Waals surface area contributed by atoms with Crippen LogP contribution in [0.2, 0.25) is 0 Å². The summed E-state index contributed by atoms with van der Waals surface area (Å²) in [6.45, 7) is 2.48. The van der Waals surface area contributed by atoms with Gasteiger partial charge in [-0.05, 0) is 43.0 Å². The summed E-state index contributed by atoms with van der Waals surface area (Å²) < 4.78 is 37.7. The molecule has 120 valence electrons. The van der Waals surface area contributed by atoms with E-state index in [1.165, 1.54) is 6.07 Å². The zero-order chi connectivity index (χ0) is 16.6. The molecule has 0 aliphatic carbocycles. The molecule has 1 aromatic heterocycles. The summed E-state index contributed by atoms with van der Waals surface area (Å²) in [6.07, 6.45) is -1.78. The van der Waals surface area contributed by atoms with Crippen molar-refractivity contribution in [2.75, 3.05) is 11.4 Å². The smallest absolute Gasteiger partial charge is 0.308 e. The maximum Gasteiger partial charge on any atom is 0.433 e. The highest BCUT2D eigenvalue weighted by molar-refractivity contribution is 6.07. The van der Waals surface area contributed by atoms with Gasteiger partial charge in [0.05, 0.1) is 11.3 Å². The third-order valence-electron chi connectivity index (χ3n) is 3.97. The molecule has 0 fully saturated rings. The number of carbonyl (C=O) groups excluding carboxylic acids is 1. The number of pyridine rings is 1. The highest BCUT2D eigenvalue weighted by Gasteiger charge is 2.33. The highest BCUT2D eigenvalue weighted by atomic mass is 19.4. The van der Waals surface area contributed by atoms with E-state index in [1.807, 2.05) is 25.1 Å². The first kappa shape index (κ1) is 15.5. The number of aromatic nitrogens is 1. The number of fused-ring (bicyclic) bond motifs is 1. The zero-order valence-corrected chi connectivity index (χ0v) is 12.5. The van der Waals surface area contributed by atoms with Crippen LogP contribution in [0.1, 0.15) is 33.6 Å². The number of hydrogen-bond donors (Lipinski definition) is 0. The number of carbonyl (C=O) groups is 1. The molecule has 0 N–H and O–H groups in total. The summed E-state index contributed by atoms with van der Waals surface area (Å²) in [5, 5.41) is 0. The van der Waals surface area contributed by atoms with E-state index in [1.54, 1.807) is 4.90 Å². The summed E-state index contributed by atoms with van der Waals surface area (Å²) in [5.74, 6) is -0.318. The number of para-hydroxylation sites is 1. The standard InChI is InChI=1S/C17H15F3N2O/c1-11-4-2-5-12-6-3-9-22(15(11)12)16(23)13-7-8-14(21-10-13)17(18,19)20/h2,4-5,7-8,10H,3,6,9H2,1H3. The van der Waals surface area contributed by atoms with E-state index < -0.39 is 11.9 Å². The molecule has 3 rings (SSSR count). The molecule has 0 saturated carbocycles.